The van der Waals surface area contributed by atoms with Gasteiger partial charge in [0, 0.05) is 11.8 Å². The third kappa shape index (κ3) is 2.46. The van der Waals surface area contributed by atoms with E-state index in [1.54, 1.807) is 36.1 Å². The van der Waals surface area contributed by atoms with Crippen molar-refractivity contribution in [1.82, 2.24) is 9.78 Å². The average molecular weight is 220 g/mol. The molecule has 0 spiro atoms. The van der Waals surface area contributed by atoms with Crippen LogP contribution in [0.5, 0.6) is 0 Å². The van der Waals surface area contributed by atoms with Crippen molar-refractivity contribution < 1.29 is 9.50 Å². The zero-order chi connectivity index (χ0) is 11.5. The molecule has 1 N–H and O–H groups in total. The summed E-state index contributed by atoms with van der Waals surface area (Å²) in [5.41, 5.74) is 1.75. The van der Waals surface area contributed by atoms with Crippen molar-refractivity contribution in [3.63, 3.8) is 0 Å². The second kappa shape index (κ2) is 4.45. The molecular weight excluding hydrogens is 207 g/mol. The van der Waals surface area contributed by atoms with Gasteiger partial charge in [-0.15, -0.1) is 0 Å². The summed E-state index contributed by atoms with van der Waals surface area (Å²) in [5, 5.41) is 13.5. The first-order valence-electron chi connectivity index (χ1n) is 5.10. The summed E-state index contributed by atoms with van der Waals surface area (Å²) >= 11 is 0. The first-order chi connectivity index (χ1) is 7.65. The molecule has 0 saturated heterocycles. The van der Waals surface area contributed by atoms with E-state index in [1.165, 1.54) is 12.1 Å². The van der Waals surface area contributed by atoms with Gasteiger partial charge in [-0.05, 0) is 24.6 Å². The Morgan fingerprint density at radius 3 is 2.62 bits per heavy atom. The topological polar surface area (TPSA) is 38.1 Å². The van der Waals surface area contributed by atoms with Gasteiger partial charge in [0.05, 0.1) is 18.8 Å². The number of hydrogen-bond donors (Lipinski definition) is 1. The highest BCUT2D eigenvalue weighted by atomic mass is 19.1. The predicted molar refractivity (Wildman–Crippen MR) is 58.4 cm³/mol. The van der Waals surface area contributed by atoms with E-state index in [1.807, 2.05) is 0 Å². The standard InChI is InChI=1S/C12H13FN2O/c1-9(16)11-6-14-15(8-11)7-10-2-4-12(13)5-3-10/h2-6,8-9,16H,7H2,1H3. The molecule has 1 aromatic heterocycles. The van der Waals surface area contributed by atoms with Gasteiger partial charge in [-0.3, -0.25) is 4.68 Å². The first-order valence-corrected chi connectivity index (χ1v) is 5.10. The monoisotopic (exact) mass is 220 g/mol. The van der Waals surface area contributed by atoms with E-state index in [9.17, 15) is 9.50 Å². The molecule has 84 valence electrons. The fourth-order valence-electron chi connectivity index (χ4n) is 1.46. The average Bonchev–Trinajstić information content (AvgIpc) is 2.70. The molecule has 1 heterocycles. The van der Waals surface area contributed by atoms with E-state index in [0.29, 0.717) is 6.54 Å². The molecule has 1 unspecified atom stereocenters. The molecule has 2 rings (SSSR count). The third-order valence-electron chi connectivity index (χ3n) is 2.39. The third-order valence-corrected chi connectivity index (χ3v) is 2.39. The molecule has 0 aliphatic carbocycles. The Kier molecular flexibility index (Phi) is 3.01. The lowest BCUT2D eigenvalue weighted by molar-refractivity contribution is 0.199. The maximum absolute atomic E-state index is 12.7. The smallest absolute Gasteiger partial charge is 0.123 e. The van der Waals surface area contributed by atoms with Crippen LogP contribution in [0.25, 0.3) is 0 Å². The molecule has 1 atom stereocenters. The van der Waals surface area contributed by atoms with Gasteiger partial charge in [0.15, 0.2) is 0 Å². The van der Waals surface area contributed by atoms with Crippen molar-refractivity contribution >= 4 is 0 Å². The normalized spacial score (nSPS) is 12.7. The van der Waals surface area contributed by atoms with Gasteiger partial charge in [0.2, 0.25) is 0 Å². The molecule has 1 aromatic carbocycles. The van der Waals surface area contributed by atoms with Crippen molar-refractivity contribution in [3.05, 3.63) is 53.6 Å². The highest BCUT2D eigenvalue weighted by Gasteiger charge is 2.04. The molecule has 16 heavy (non-hydrogen) atoms. The maximum Gasteiger partial charge on any atom is 0.123 e. The van der Waals surface area contributed by atoms with Gasteiger partial charge in [0.1, 0.15) is 5.82 Å². The summed E-state index contributed by atoms with van der Waals surface area (Å²) in [6.45, 7) is 2.27. The maximum atomic E-state index is 12.7. The SMILES string of the molecule is CC(O)c1cnn(Cc2ccc(F)cc2)c1. The first kappa shape index (κ1) is 10.8. The zero-order valence-electron chi connectivity index (χ0n) is 8.97. The number of hydrogen-bond acceptors (Lipinski definition) is 2. The fraction of sp³-hybridized carbons (Fsp3) is 0.250. The summed E-state index contributed by atoms with van der Waals surface area (Å²) < 4.78 is 14.4. The summed E-state index contributed by atoms with van der Waals surface area (Å²) in [6.07, 6.45) is 2.91. The number of halogens is 1. The lowest BCUT2D eigenvalue weighted by atomic mass is 10.2. The highest BCUT2D eigenvalue weighted by molar-refractivity contribution is 5.17. The van der Waals surface area contributed by atoms with Crippen LogP contribution in [0.15, 0.2) is 36.7 Å². The lowest BCUT2D eigenvalue weighted by Gasteiger charge is -2.02. The van der Waals surface area contributed by atoms with E-state index in [2.05, 4.69) is 5.10 Å². The van der Waals surface area contributed by atoms with E-state index in [0.717, 1.165) is 11.1 Å². The molecule has 0 amide bonds. The Balaban J connectivity index is 2.11. The zero-order valence-corrected chi connectivity index (χ0v) is 8.97. The van der Waals surface area contributed by atoms with Gasteiger partial charge in [-0.1, -0.05) is 12.1 Å². The van der Waals surface area contributed by atoms with Gasteiger partial charge >= 0.3 is 0 Å². The summed E-state index contributed by atoms with van der Waals surface area (Å²) in [6, 6.07) is 6.29. The fourth-order valence-corrected chi connectivity index (χ4v) is 1.46. The van der Waals surface area contributed by atoms with E-state index >= 15 is 0 Å². The van der Waals surface area contributed by atoms with Crippen LogP contribution in [0.2, 0.25) is 0 Å². The number of nitrogens with zero attached hydrogens (tertiary/aromatic N) is 2. The van der Waals surface area contributed by atoms with Crippen molar-refractivity contribution in [1.29, 1.82) is 0 Å². The molecule has 0 bridgehead atoms. The number of aliphatic hydroxyl groups is 1. The van der Waals surface area contributed by atoms with Crippen LogP contribution in [0, 0.1) is 5.82 Å². The lowest BCUT2D eigenvalue weighted by Crippen LogP contribution is -1.99. The Morgan fingerprint density at radius 1 is 1.38 bits per heavy atom. The molecule has 0 aliphatic heterocycles. The van der Waals surface area contributed by atoms with Crippen LogP contribution >= 0.6 is 0 Å². The number of aliphatic hydroxyl groups excluding tert-OH is 1. The quantitative estimate of drug-likeness (QED) is 0.860. The van der Waals surface area contributed by atoms with E-state index in [-0.39, 0.29) is 5.82 Å². The van der Waals surface area contributed by atoms with Crippen molar-refractivity contribution in [2.24, 2.45) is 0 Å². The summed E-state index contributed by atoms with van der Waals surface area (Å²) in [5.74, 6) is -0.242. The minimum atomic E-state index is -0.512. The summed E-state index contributed by atoms with van der Waals surface area (Å²) in [7, 11) is 0. The van der Waals surface area contributed by atoms with Crippen LogP contribution in [0.1, 0.15) is 24.2 Å². The molecule has 0 aliphatic rings. The Bertz CT molecular complexity index is 462. The van der Waals surface area contributed by atoms with E-state index < -0.39 is 6.10 Å². The Labute approximate surface area is 93.2 Å². The van der Waals surface area contributed by atoms with Gasteiger partial charge in [-0.25, -0.2) is 4.39 Å². The molecular formula is C12H13FN2O. The minimum absolute atomic E-state index is 0.242. The molecule has 4 heteroatoms. The van der Waals surface area contributed by atoms with Crippen molar-refractivity contribution in [3.8, 4) is 0 Å². The predicted octanol–water partition coefficient (Wildman–Crippen LogP) is 2.12. The molecule has 3 nitrogen and oxygen atoms in total. The van der Waals surface area contributed by atoms with Gasteiger partial charge in [-0.2, -0.15) is 5.10 Å². The second-order valence-corrected chi connectivity index (χ2v) is 3.77. The van der Waals surface area contributed by atoms with E-state index in [4.69, 9.17) is 0 Å². The number of aromatic nitrogens is 2. The van der Waals surface area contributed by atoms with Crippen LogP contribution in [-0.4, -0.2) is 14.9 Å². The van der Waals surface area contributed by atoms with Crippen molar-refractivity contribution in [2.45, 2.75) is 19.6 Å². The largest absolute Gasteiger partial charge is 0.389 e. The molecule has 2 aromatic rings. The molecule has 0 fully saturated rings. The van der Waals surface area contributed by atoms with Crippen molar-refractivity contribution in [2.75, 3.05) is 0 Å². The van der Waals surface area contributed by atoms with Crippen LogP contribution in [0.4, 0.5) is 4.39 Å². The molecule has 0 radical (unpaired) electrons. The number of rotatable bonds is 3. The van der Waals surface area contributed by atoms with Crippen LogP contribution in [-0.2, 0) is 6.54 Å². The highest BCUT2D eigenvalue weighted by Crippen LogP contribution is 2.11. The van der Waals surface area contributed by atoms with Gasteiger partial charge < -0.3 is 5.11 Å². The summed E-state index contributed by atoms with van der Waals surface area (Å²) in [4.78, 5) is 0. The minimum Gasteiger partial charge on any atom is -0.389 e. The Hall–Kier alpha value is -1.68. The molecule has 0 saturated carbocycles. The number of benzene rings is 1. The Morgan fingerprint density at radius 2 is 2.06 bits per heavy atom. The van der Waals surface area contributed by atoms with Crippen LogP contribution in [0.3, 0.4) is 0 Å². The second-order valence-electron chi connectivity index (χ2n) is 3.77. The van der Waals surface area contributed by atoms with Crippen LogP contribution < -0.4 is 0 Å². The van der Waals surface area contributed by atoms with Gasteiger partial charge in [0.25, 0.3) is 0 Å².